The molecule has 0 atom stereocenters. The van der Waals surface area contributed by atoms with Crippen molar-refractivity contribution in [1.29, 1.82) is 0 Å². The van der Waals surface area contributed by atoms with E-state index in [4.69, 9.17) is 15.0 Å². The van der Waals surface area contributed by atoms with Crippen molar-refractivity contribution in [3.05, 3.63) is 209 Å². The van der Waals surface area contributed by atoms with Crippen molar-refractivity contribution >= 4 is 0 Å². The van der Waals surface area contributed by atoms with E-state index >= 15 is 0 Å². The third kappa shape index (κ3) is 4.36. The van der Waals surface area contributed by atoms with Gasteiger partial charge in [0.15, 0.2) is 17.5 Å². The topological polar surface area (TPSA) is 38.7 Å². The van der Waals surface area contributed by atoms with Crippen LogP contribution in [0.3, 0.4) is 0 Å². The second kappa shape index (κ2) is 11.5. The van der Waals surface area contributed by atoms with E-state index in [0.717, 1.165) is 16.7 Å². The van der Waals surface area contributed by atoms with Gasteiger partial charge in [0.25, 0.3) is 0 Å². The molecule has 0 radical (unpaired) electrons. The molecule has 0 N–H and O–H groups in total. The molecule has 2 aliphatic rings. The van der Waals surface area contributed by atoms with Gasteiger partial charge in [-0.05, 0) is 55.6 Å². The van der Waals surface area contributed by atoms with Crippen molar-refractivity contribution in [2.45, 2.75) is 24.7 Å². The first kappa shape index (κ1) is 30.4. The van der Waals surface area contributed by atoms with E-state index in [1.165, 1.54) is 55.6 Å². The lowest BCUT2D eigenvalue weighted by Gasteiger charge is -2.35. The Balaban J connectivity index is 1.21. The molecule has 7 aromatic carbocycles. The normalized spacial score (nSPS) is 14.3. The molecule has 0 saturated carbocycles. The Labute approximate surface area is 304 Å². The SMILES string of the molecule is CC1(C)c2cc(C3(c4ccccc4)c4ccccc4-c4ccccc43)ccc2-c2c(-c3nc(-c4ccccc4)nc(-c4ccccc4)n3)cccc21. The van der Waals surface area contributed by atoms with Gasteiger partial charge < -0.3 is 0 Å². The Bertz CT molecular complexity index is 2540. The Morgan fingerprint density at radius 3 is 1.42 bits per heavy atom. The zero-order valence-electron chi connectivity index (χ0n) is 29.1. The van der Waals surface area contributed by atoms with Crippen LogP contribution in [0.1, 0.15) is 47.2 Å². The quantitative estimate of drug-likeness (QED) is 0.184. The first-order valence-electron chi connectivity index (χ1n) is 18.0. The molecule has 52 heavy (non-hydrogen) atoms. The van der Waals surface area contributed by atoms with Crippen molar-refractivity contribution in [2.24, 2.45) is 0 Å². The maximum Gasteiger partial charge on any atom is 0.164 e. The minimum Gasteiger partial charge on any atom is -0.208 e. The van der Waals surface area contributed by atoms with Crippen LogP contribution in [0.5, 0.6) is 0 Å². The van der Waals surface area contributed by atoms with Crippen LogP contribution in [0.4, 0.5) is 0 Å². The van der Waals surface area contributed by atoms with Gasteiger partial charge in [0.1, 0.15) is 0 Å². The third-order valence-electron chi connectivity index (χ3n) is 11.2. The number of hydrogen-bond donors (Lipinski definition) is 0. The molecule has 0 amide bonds. The van der Waals surface area contributed by atoms with Gasteiger partial charge in [-0.25, -0.2) is 15.0 Å². The van der Waals surface area contributed by atoms with Crippen molar-refractivity contribution < 1.29 is 0 Å². The molecule has 0 fully saturated rings. The summed E-state index contributed by atoms with van der Waals surface area (Å²) in [4.78, 5) is 15.3. The molecule has 1 aromatic heterocycles. The van der Waals surface area contributed by atoms with E-state index in [-0.39, 0.29) is 5.41 Å². The lowest BCUT2D eigenvalue weighted by molar-refractivity contribution is 0.655. The summed E-state index contributed by atoms with van der Waals surface area (Å²) in [5, 5.41) is 0. The fraction of sp³-hybridized carbons (Fsp3) is 0.0816. The predicted octanol–water partition coefficient (Wildman–Crippen LogP) is 11.5. The zero-order chi connectivity index (χ0) is 34.9. The highest BCUT2D eigenvalue weighted by Gasteiger charge is 2.47. The maximum atomic E-state index is 5.16. The van der Waals surface area contributed by atoms with Crippen LogP contribution in [0.15, 0.2) is 176 Å². The lowest BCUT2D eigenvalue weighted by Crippen LogP contribution is -2.29. The molecule has 0 aliphatic heterocycles. The van der Waals surface area contributed by atoms with Crippen molar-refractivity contribution in [2.75, 3.05) is 0 Å². The van der Waals surface area contributed by atoms with Gasteiger partial charge in [0.2, 0.25) is 0 Å². The van der Waals surface area contributed by atoms with Gasteiger partial charge in [0, 0.05) is 22.1 Å². The van der Waals surface area contributed by atoms with E-state index in [1.807, 2.05) is 36.4 Å². The van der Waals surface area contributed by atoms with Gasteiger partial charge in [-0.15, -0.1) is 0 Å². The molecule has 0 bridgehead atoms. The summed E-state index contributed by atoms with van der Waals surface area (Å²) in [5.41, 5.74) is 15.0. The van der Waals surface area contributed by atoms with Crippen LogP contribution in [0.25, 0.3) is 56.4 Å². The number of nitrogens with zero attached hydrogens (tertiary/aromatic N) is 3. The molecule has 8 aromatic rings. The van der Waals surface area contributed by atoms with Crippen molar-refractivity contribution in [3.8, 4) is 56.4 Å². The number of benzene rings is 7. The highest BCUT2D eigenvalue weighted by molar-refractivity contribution is 5.93. The number of aromatic nitrogens is 3. The smallest absolute Gasteiger partial charge is 0.164 e. The number of rotatable bonds is 5. The molecule has 0 saturated heterocycles. The van der Waals surface area contributed by atoms with Crippen LogP contribution in [-0.2, 0) is 10.8 Å². The highest BCUT2D eigenvalue weighted by Crippen LogP contribution is 2.58. The van der Waals surface area contributed by atoms with Gasteiger partial charge >= 0.3 is 0 Å². The molecular formula is C49H35N3. The predicted molar refractivity (Wildman–Crippen MR) is 211 cm³/mol. The summed E-state index contributed by atoms with van der Waals surface area (Å²) in [6.45, 7) is 4.71. The summed E-state index contributed by atoms with van der Waals surface area (Å²) in [7, 11) is 0. The average Bonchev–Trinajstić information content (AvgIpc) is 3.64. The second-order valence-corrected chi connectivity index (χ2v) is 14.4. The molecule has 3 nitrogen and oxygen atoms in total. The number of hydrogen-bond acceptors (Lipinski definition) is 3. The van der Waals surface area contributed by atoms with E-state index < -0.39 is 5.41 Å². The Morgan fingerprint density at radius 1 is 0.346 bits per heavy atom. The minimum atomic E-state index is -0.458. The Kier molecular flexibility index (Phi) is 6.74. The number of fused-ring (bicyclic) bond motifs is 6. The van der Waals surface area contributed by atoms with Crippen molar-refractivity contribution in [3.63, 3.8) is 0 Å². The zero-order valence-corrected chi connectivity index (χ0v) is 29.1. The monoisotopic (exact) mass is 665 g/mol. The maximum absolute atomic E-state index is 5.16. The van der Waals surface area contributed by atoms with Crippen molar-refractivity contribution in [1.82, 2.24) is 15.0 Å². The molecule has 0 spiro atoms. The first-order chi connectivity index (χ1) is 25.5. The minimum absolute atomic E-state index is 0.260. The fourth-order valence-electron chi connectivity index (χ4n) is 8.85. The van der Waals surface area contributed by atoms with Crippen LogP contribution in [-0.4, -0.2) is 15.0 Å². The highest BCUT2D eigenvalue weighted by atomic mass is 15.0. The standard InChI is InChI=1S/C49H35N3/c1-48(2)42-28-16-25-39(47-51-45(32-17-6-3-7-18-32)50-46(52-47)33-19-8-4-9-20-33)44(42)38-30-29-35(31-43(38)48)49(34-21-10-5-11-22-34)40-26-14-12-23-36(40)37-24-13-15-27-41(37)49/h3-31H,1-2H3. The van der Waals surface area contributed by atoms with E-state index in [1.54, 1.807) is 0 Å². The van der Waals surface area contributed by atoms with Crippen LogP contribution < -0.4 is 0 Å². The molecule has 10 rings (SSSR count). The molecule has 1 heterocycles. The Morgan fingerprint density at radius 2 is 0.827 bits per heavy atom. The van der Waals surface area contributed by atoms with Gasteiger partial charge in [0.05, 0.1) is 5.41 Å². The van der Waals surface area contributed by atoms with Gasteiger partial charge in [-0.2, -0.15) is 0 Å². The molecule has 246 valence electrons. The summed E-state index contributed by atoms with van der Waals surface area (Å²) < 4.78 is 0. The average molecular weight is 666 g/mol. The van der Waals surface area contributed by atoms with Crippen LogP contribution in [0, 0.1) is 0 Å². The molecule has 2 aliphatic carbocycles. The van der Waals surface area contributed by atoms with E-state index in [9.17, 15) is 0 Å². The molecular weight excluding hydrogens is 631 g/mol. The van der Waals surface area contributed by atoms with Gasteiger partial charge in [-0.1, -0.05) is 190 Å². The third-order valence-corrected chi connectivity index (χ3v) is 11.2. The van der Waals surface area contributed by atoms with E-state index in [2.05, 4.69) is 153 Å². The summed E-state index contributed by atoms with van der Waals surface area (Å²) >= 11 is 0. The van der Waals surface area contributed by atoms with E-state index in [0.29, 0.717) is 17.5 Å². The summed E-state index contributed by atoms with van der Waals surface area (Å²) in [6.07, 6.45) is 0. The van der Waals surface area contributed by atoms with Crippen LogP contribution >= 0.6 is 0 Å². The summed E-state index contributed by atoms with van der Waals surface area (Å²) in [5.74, 6) is 2.01. The second-order valence-electron chi connectivity index (χ2n) is 14.4. The largest absolute Gasteiger partial charge is 0.208 e. The van der Waals surface area contributed by atoms with Gasteiger partial charge in [-0.3, -0.25) is 0 Å². The lowest BCUT2D eigenvalue weighted by atomic mass is 9.66. The fourth-order valence-corrected chi connectivity index (χ4v) is 8.85. The van der Waals surface area contributed by atoms with Crippen LogP contribution in [0.2, 0.25) is 0 Å². The molecule has 0 unspecified atom stereocenters. The Hall–Kier alpha value is -6.45. The summed E-state index contributed by atoms with van der Waals surface area (Å²) in [6, 6.07) is 63.1. The first-order valence-corrected chi connectivity index (χ1v) is 18.0. The molecule has 3 heteroatoms.